The summed E-state index contributed by atoms with van der Waals surface area (Å²) in [6, 6.07) is 5.69. The van der Waals surface area contributed by atoms with Crippen molar-refractivity contribution in [2.75, 3.05) is 0 Å². The maximum absolute atomic E-state index is 6.05. The lowest BCUT2D eigenvalue weighted by Gasteiger charge is -2.18. The van der Waals surface area contributed by atoms with Crippen LogP contribution in [-0.2, 0) is 6.42 Å². The summed E-state index contributed by atoms with van der Waals surface area (Å²) in [7, 11) is 0. The van der Waals surface area contributed by atoms with Crippen LogP contribution in [0.1, 0.15) is 25.8 Å². The van der Waals surface area contributed by atoms with Gasteiger partial charge in [0.2, 0.25) is 0 Å². The van der Waals surface area contributed by atoms with Gasteiger partial charge in [0.1, 0.15) is 0 Å². The van der Waals surface area contributed by atoms with Crippen molar-refractivity contribution in [1.82, 2.24) is 0 Å². The summed E-state index contributed by atoms with van der Waals surface area (Å²) in [5.41, 5.74) is 6.80. The second-order valence-corrected chi connectivity index (χ2v) is 4.99. The normalized spacial score (nSPS) is 11.8. The fourth-order valence-corrected chi connectivity index (χ4v) is 1.61. The monoisotopic (exact) mass is 231 g/mol. The maximum Gasteiger partial charge on any atom is 0.0624 e. The number of rotatable bonds is 3. The molecule has 1 nitrogen and oxygen atoms in total. The van der Waals surface area contributed by atoms with Crippen LogP contribution in [-0.4, -0.2) is 5.54 Å². The van der Waals surface area contributed by atoms with E-state index in [-0.39, 0.29) is 5.54 Å². The van der Waals surface area contributed by atoms with Crippen LogP contribution < -0.4 is 5.73 Å². The molecule has 0 aliphatic carbocycles. The molecule has 0 aliphatic rings. The van der Waals surface area contributed by atoms with E-state index >= 15 is 0 Å². The standard InChI is InChI=1S/C11H15Cl2N/c1-11(2,14)7-6-8-4-3-5-9(12)10(8)13/h3-5H,6-7,14H2,1-2H3. The van der Waals surface area contributed by atoms with Gasteiger partial charge in [-0.05, 0) is 38.3 Å². The van der Waals surface area contributed by atoms with E-state index in [1.54, 1.807) is 6.07 Å². The lowest BCUT2D eigenvalue weighted by molar-refractivity contribution is 0.477. The second-order valence-electron chi connectivity index (χ2n) is 4.20. The Kier molecular flexibility index (Phi) is 3.82. The Balaban J connectivity index is 2.73. The third kappa shape index (κ3) is 3.49. The Morgan fingerprint density at radius 2 is 1.93 bits per heavy atom. The van der Waals surface area contributed by atoms with Crippen molar-refractivity contribution < 1.29 is 0 Å². The van der Waals surface area contributed by atoms with E-state index in [0.29, 0.717) is 10.0 Å². The Hall–Kier alpha value is -0.240. The third-order valence-corrected chi connectivity index (χ3v) is 2.93. The quantitative estimate of drug-likeness (QED) is 0.845. The number of nitrogens with two attached hydrogens (primary N) is 1. The minimum atomic E-state index is -0.161. The van der Waals surface area contributed by atoms with Gasteiger partial charge in [0, 0.05) is 5.54 Å². The molecule has 0 atom stereocenters. The molecule has 0 fully saturated rings. The molecule has 1 aromatic carbocycles. The van der Waals surface area contributed by atoms with Crippen LogP contribution in [0.4, 0.5) is 0 Å². The third-order valence-electron chi connectivity index (χ3n) is 2.07. The second kappa shape index (κ2) is 4.52. The molecule has 1 rings (SSSR count). The van der Waals surface area contributed by atoms with E-state index < -0.39 is 0 Å². The first kappa shape index (κ1) is 11.8. The molecular formula is C11H15Cl2N. The molecule has 0 unspecified atom stereocenters. The number of hydrogen-bond acceptors (Lipinski definition) is 1. The summed E-state index contributed by atoms with van der Waals surface area (Å²) in [6.45, 7) is 4.01. The number of hydrogen-bond donors (Lipinski definition) is 1. The van der Waals surface area contributed by atoms with Crippen LogP contribution in [0.25, 0.3) is 0 Å². The lowest BCUT2D eigenvalue weighted by Crippen LogP contribution is -2.32. The number of aryl methyl sites for hydroxylation is 1. The van der Waals surface area contributed by atoms with E-state index in [4.69, 9.17) is 28.9 Å². The molecule has 0 bridgehead atoms. The molecule has 0 aliphatic heterocycles. The summed E-state index contributed by atoms with van der Waals surface area (Å²) in [5, 5.41) is 1.26. The van der Waals surface area contributed by atoms with Gasteiger partial charge in [0.05, 0.1) is 10.0 Å². The minimum absolute atomic E-state index is 0.161. The largest absolute Gasteiger partial charge is 0.326 e. The molecule has 0 amide bonds. The van der Waals surface area contributed by atoms with Gasteiger partial charge < -0.3 is 5.73 Å². The Labute approximate surface area is 95.2 Å². The van der Waals surface area contributed by atoms with Gasteiger partial charge in [0.25, 0.3) is 0 Å². The first-order chi connectivity index (χ1) is 6.40. The molecule has 1 aromatic rings. The van der Waals surface area contributed by atoms with Crippen LogP contribution >= 0.6 is 23.2 Å². The highest BCUT2D eigenvalue weighted by molar-refractivity contribution is 6.42. The van der Waals surface area contributed by atoms with Crippen molar-refractivity contribution in [3.8, 4) is 0 Å². The molecule has 2 N–H and O–H groups in total. The van der Waals surface area contributed by atoms with Crippen molar-refractivity contribution in [2.24, 2.45) is 5.73 Å². The predicted molar refractivity (Wildman–Crippen MR) is 63.0 cm³/mol. The smallest absolute Gasteiger partial charge is 0.0624 e. The molecule has 0 saturated carbocycles. The zero-order valence-corrected chi connectivity index (χ0v) is 9.99. The first-order valence-electron chi connectivity index (χ1n) is 4.62. The van der Waals surface area contributed by atoms with E-state index in [0.717, 1.165) is 18.4 Å². The number of benzene rings is 1. The van der Waals surface area contributed by atoms with E-state index in [2.05, 4.69) is 0 Å². The number of halogens is 2. The van der Waals surface area contributed by atoms with Crippen molar-refractivity contribution >= 4 is 23.2 Å². The van der Waals surface area contributed by atoms with Crippen LogP contribution in [0.2, 0.25) is 10.0 Å². The van der Waals surface area contributed by atoms with Crippen molar-refractivity contribution in [2.45, 2.75) is 32.2 Å². The van der Waals surface area contributed by atoms with Crippen molar-refractivity contribution in [3.63, 3.8) is 0 Å². The highest BCUT2D eigenvalue weighted by Crippen LogP contribution is 2.27. The average Bonchev–Trinajstić information content (AvgIpc) is 2.06. The van der Waals surface area contributed by atoms with Crippen LogP contribution in [0.15, 0.2) is 18.2 Å². The van der Waals surface area contributed by atoms with Gasteiger partial charge in [-0.15, -0.1) is 0 Å². The molecule has 0 saturated heterocycles. The summed E-state index contributed by atoms with van der Waals surface area (Å²) < 4.78 is 0. The zero-order valence-electron chi connectivity index (χ0n) is 8.48. The highest BCUT2D eigenvalue weighted by atomic mass is 35.5. The van der Waals surface area contributed by atoms with E-state index in [1.807, 2.05) is 26.0 Å². The van der Waals surface area contributed by atoms with Gasteiger partial charge in [-0.3, -0.25) is 0 Å². The van der Waals surface area contributed by atoms with Gasteiger partial charge >= 0.3 is 0 Å². The molecule has 14 heavy (non-hydrogen) atoms. The molecule has 78 valence electrons. The molecular weight excluding hydrogens is 217 g/mol. The van der Waals surface area contributed by atoms with Crippen molar-refractivity contribution in [1.29, 1.82) is 0 Å². The Morgan fingerprint density at radius 1 is 1.29 bits per heavy atom. The van der Waals surface area contributed by atoms with E-state index in [1.165, 1.54) is 0 Å². The summed E-state index contributed by atoms with van der Waals surface area (Å²) in [4.78, 5) is 0. The minimum Gasteiger partial charge on any atom is -0.326 e. The van der Waals surface area contributed by atoms with Crippen LogP contribution in [0.5, 0.6) is 0 Å². The SMILES string of the molecule is CC(C)(N)CCc1cccc(Cl)c1Cl. The van der Waals surface area contributed by atoms with Crippen LogP contribution in [0.3, 0.4) is 0 Å². The fourth-order valence-electron chi connectivity index (χ4n) is 1.20. The van der Waals surface area contributed by atoms with Gasteiger partial charge in [0.15, 0.2) is 0 Å². The van der Waals surface area contributed by atoms with Gasteiger partial charge in [-0.25, -0.2) is 0 Å². The first-order valence-corrected chi connectivity index (χ1v) is 5.37. The molecule has 3 heteroatoms. The Bertz CT molecular complexity index is 316. The van der Waals surface area contributed by atoms with E-state index in [9.17, 15) is 0 Å². The predicted octanol–water partition coefficient (Wildman–Crippen LogP) is 3.66. The zero-order chi connectivity index (χ0) is 10.8. The Morgan fingerprint density at radius 3 is 2.50 bits per heavy atom. The van der Waals surface area contributed by atoms with Crippen molar-refractivity contribution in [3.05, 3.63) is 33.8 Å². The summed E-state index contributed by atoms with van der Waals surface area (Å²) in [5.74, 6) is 0. The molecule has 0 spiro atoms. The average molecular weight is 232 g/mol. The lowest BCUT2D eigenvalue weighted by atomic mass is 9.97. The summed E-state index contributed by atoms with van der Waals surface area (Å²) >= 11 is 11.9. The molecule has 0 radical (unpaired) electrons. The van der Waals surface area contributed by atoms with Crippen LogP contribution in [0, 0.1) is 0 Å². The topological polar surface area (TPSA) is 26.0 Å². The van der Waals surface area contributed by atoms with Gasteiger partial charge in [-0.1, -0.05) is 35.3 Å². The molecule has 0 aromatic heterocycles. The van der Waals surface area contributed by atoms with Gasteiger partial charge in [-0.2, -0.15) is 0 Å². The summed E-state index contributed by atoms with van der Waals surface area (Å²) in [6.07, 6.45) is 1.76. The maximum atomic E-state index is 6.05. The highest BCUT2D eigenvalue weighted by Gasteiger charge is 2.12. The molecule has 0 heterocycles. The fraction of sp³-hybridized carbons (Fsp3) is 0.455.